The highest BCUT2D eigenvalue weighted by Crippen LogP contribution is 2.11. The summed E-state index contributed by atoms with van der Waals surface area (Å²) in [5.74, 6) is -0.788. The molecule has 0 aromatic heterocycles. The summed E-state index contributed by atoms with van der Waals surface area (Å²) in [6, 6.07) is 6.04. The van der Waals surface area contributed by atoms with E-state index in [1.54, 1.807) is 30.4 Å². The zero-order valence-electron chi connectivity index (χ0n) is 8.41. The van der Waals surface area contributed by atoms with E-state index in [0.29, 0.717) is 0 Å². The monoisotopic (exact) mass is 205 g/mol. The van der Waals surface area contributed by atoms with E-state index in [1.165, 1.54) is 18.2 Å². The number of allylic oxidation sites excluding steroid dienone is 3. The molecule has 15 heavy (non-hydrogen) atoms. The molecule has 78 valence electrons. The lowest BCUT2D eigenvalue weighted by Crippen LogP contribution is -2.08. The summed E-state index contributed by atoms with van der Waals surface area (Å²) in [5, 5.41) is 2.43. The van der Waals surface area contributed by atoms with E-state index in [-0.39, 0.29) is 11.6 Å². The van der Waals surface area contributed by atoms with Crippen LogP contribution in [0.5, 0.6) is 0 Å². The lowest BCUT2D eigenvalue weighted by molar-refractivity contribution is -0.111. The molecular formula is C12H12FNO. The Balaban J connectivity index is 2.63. The first kappa shape index (κ1) is 11.2. The average molecular weight is 205 g/mol. The van der Waals surface area contributed by atoms with Gasteiger partial charge in [0.1, 0.15) is 5.82 Å². The van der Waals surface area contributed by atoms with Gasteiger partial charge in [0.05, 0.1) is 5.69 Å². The van der Waals surface area contributed by atoms with Gasteiger partial charge < -0.3 is 5.32 Å². The van der Waals surface area contributed by atoms with Gasteiger partial charge in [0.15, 0.2) is 0 Å². The Hall–Kier alpha value is -1.90. The number of amides is 1. The highest BCUT2D eigenvalue weighted by atomic mass is 19.1. The first-order valence-electron chi connectivity index (χ1n) is 4.59. The van der Waals surface area contributed by atoms with Crippen molar-refractivity contribution in [2.24, 2.45) is 0 Å². The van der Waals surface area contributed by atoms with Crippen molar-refractivity contribution in [2.45, 2.75) is 6.92 Å². The Labute approximate surface area is 88.1 Å². The van der Waals surface area contributed by atoms with Crippen molar-refractivity contribution in [3.8, 4) is 0 Å². The van der Waals surface area contributed by atoms with Crippen molar-refractivity contribution in [1.29, 1.82) is 0 Å². The van der Waals surface area contributed by atoms with Crippen LogP contribution in [0.4, 0.5) is 10.1 Å². The predicted molar refractivity (Wildman–Crippen MR) is 59.0 cm³/mol. The fraction of sp³-hybridized carbons (Fsp3) is 0.0833. The third-order valence-electron chi connectivity index (χ3n) is 1.68. The number of anilines is 1. The quantitative estimate of drug-likeness (QED) is 0.596. The smallest absolute Gasteiger partial charge is 0.248 e. The van der Waals surface area contributed by atoms with Crippen molar-refractivity contribution < 1.29 is 9.18 Å². The summed E-state index contributed by atoms with van der Waals surface area (Å²) in [6.45, 7) is 1.85. The zero-order valence-corrected chi connectivity index (χ0v) is 8.41. The predicted octanol–water partition coefficient (Wildman–Crippen LogP) is 2.90. The molecule has 2 nitrogen and oxygen atoms in total. The molecule has 0 saturated carbocycles. The summed E-state index contributed by atoms with van der Waals surface area (Å²) < 4.78 is 13.1. The minimum Gasteiger partial charge on any atom is -0.320 e. The van der Waals surface area contributed by atoms with Crippen LogP contribution in [0, 0.1) is 5.82 Å². The fourth-order valence-electron chi connectivity index (χ4n) is 0.991. The molecule has 0 aliphatic rings. The molecule has 0 bridgehead atoms. The van der Waals surface area contributed by atoms with Crippen LogP contribution in [0.2, 0.25) is 0 Å². The molecule has 1 amide bonds. The molecule has 0 aliphatic heterocycles. The van der Waals surface area contributed by atoms with Crippen LogP contribution in [-0.4, -0.2) is 5.91 Å². The number of halogens is 1. The van der Waals surface area contributed by atoms with Crippen molar-refractivity contribution in [1.82, 2.24) is 0 Å². The van der Waals surface area contributed by atoms with E-state index in [2.05, 4.69) is 5.32 Å². The van der Waals surface area contributed by atoms with E-state index >= 15 is 0 Å². The maximum atomic E-state index is 13.1. The number of carbonyl (C=O) groups is 1. The summed E-state index contributed by atoms with van der Waals surface area (Å²) in [4.78, 5) is 11.2. The van der Waals surface area contributed by atoms with Gasteiger partial charge in [-0.1, -0.05) is 30.4 Å². The normalized spacial score (nSPS) is 11.1. The van der Waals surface area contributed by atoms with Gasteiger partial charge in [-0.25, -0.2) is 4.39 Å². The van der Waals surface area contributed by atoms with E-state index in [1.807, 2.05) is 6.92 Å². The van der Waals surface area contributed by atoms with Gasteiger partial charge in [0.2, 0.25) is 5.91 Å². The number of para-hydroxylation sites is 1. The van der Waals surface area contributed by atoms with Gasteiger partial charge in [-0.15, -0.1) is 0 Å². The molecule has 0 atom stereocenters. The minimum atomic E-state index is -0.440. The standard InChI is InChI=1S/C12H12FNO/c1-2-3-4-9-12(15)14-11-8-6-5-7-10(11)13/h2-9H,1H3,(H,14,15). The van der Waals surface area contributed by atoms with E-state index < -0.39 is 5.82 Å². The Morgan fingerprint density at radius 2 is 2.07 bits per heavy atom. The second kappa shape index (κ2) is 5.75. The van der Waals surface area contributed by atoms with Gasteiger partial charge >= 0.3 is 0 Å². The lowest BCUT2D eigenvalue weighted by atomic mass is 10.3. The summed E-state index contributed by atoms with van der Waals surface area (Å²) in [7, 11) is 0. The number of rotatable bonds is 3. The molecule has 1 aromatic rings. The maximum Gasteiger partial charge on any atom is 0.248 e. The lowest BCUT2D eigenvalue weighted by Gasteiger charge is -2.02. The van der Waals surface area contributed by atoms with Gasteiger partial charge in [0, 0.05) is 6.08 Å². The first-order valence-corrected chi connectivity index (χ1v) is 4.59. The number of hydrogen-bond donors (Lipinski definition) is 1. The second-order valence-corrected chi connectivity index (χ2v) is 2.85. The Kier molecular flexibility index (Phi) is 4.29. The van der Waals surface area contributed by atoms with Gasteiger partial charge in [-0.3, -0.25) is 4.79 Å². The van der Waals surface area contributed by atoms with Crippen molar-refractivity contribution in [2.75, 3.05) is 5.32 Å². The van der Waals surface area contributed by atoms with E-state index in [0.717, 1.165) is 0 Å². The summed E-state index contributed by atoms with van der Waals surface area (Å²) >= 11 is 0. The SMILES string of the molecule is CC=CC=CC(=O)Nc1ccccc1F. The van der Waals surface area contributed by atoms with Gasteiger partial charge in [-0.2, -0.15) is 0 Å². The topological polar surface area (TPSA) is 29.1 Å². The van der Waals surface area contributed by atoms with Crippen molar-refractivity contribution in [3.05, 3.63) is 54.4 Å². The Morgan fingerprint density at radius 1 is 1.33 bits per heavy atom. The van der Waals surface area contributed by atoms with Gasteiger partial charge in [0.25, 0.3) is 0 Å². The van der Waals surface area contributed by atoms with Crippen LogP contribution in [0.15, 0.2) is 48.6 Å². The van der Waals surface area contributed by atoms with Crippen LogP contribution < -0.4 is 5.32 Å². The van der Waals surface area contributed by atoms with Crippen molar-refractivity contribution in [3.63, 3.8) is 0 Å². The molecule has 0 unspecified atom stereocenters. The van der Waals surface area contributed by atoms with Crippen LogP contribution in [-0.2, 0) is 4.79 Å². The largest absolute Gasteiger partial charge is 0.320 e. The van der Waals surface area contributed by atoms with Crippen LogP contribution >= 0.6 is 0 Å². The number of benzene rings is 1. The highest BCUT2D eigenvalue weighted by Gasteiger charge is 2.01. The molecule has 0 heterocycles. The molecule has 1 aromatic carbocycles. The number of nitrogens with one attached hydrogen (secondary N) is 1. The second-order valence-electron chi connectivity index (χ2n) is 2.85. The van der Waals surface area contributed by atoms with E-state index in [4.69, 9.17) is 0 Å². The highest BCUT2D eigenvalue weighted by molar-refractivity contribution is 5.99. The van der Waals surface area contributed by atoms with Crippen LogP contribution in [0.1, 0.15) is 6.92 Å². The molecule has 1 N–H and O–H groups in total. The third kappa shape index (κ3) is 3.77. The molecular weight excluding hydrogens is 193 g/mol. The number of carbonyl (C=O) groups excluding carboxylic acids is 1. The summed E-state index contributed by atoms with van der Waals surface area (Å²) in [6.07, 6.45) is 6.45. The number of hydrogen-bond acceptors (Lipinski definition) is 1. The molecule has 0 spiro atoms. The average Bonchev–Trinajstić information content (AvgIpc) is 2.22. The Bertz CT molecular complexity index is 396. The first-order chi connectivity index (χ1) is 7.24. The fourth-order valence-corrected chi connectivity index (χ4v) is 0.991. The molecule has 0 aliphatic carbocycles. The van der Waals surface area contributed by atoms with E-state index in [9.17, 15) is 9.18 Å². The molecule has 1 rings (SSSR count). The molecule has 0 radical (unpaired) electrons. The van der Waals surface area contributed by atoms with Gasteiger partial charge in [-0.05, 0) is 19.1 Å². The Morgan fingerprint density at radius 3 is 2.73 bits per heavy atom. The minimum absolute atomic E-state index is 0.188. The molecule has 0 fully saturated rings. The van der Waals surface area contributed by atoms with Crippen LogP contribution in [0.25, 0.3) is 0 Å². The third-order valence-corrected chi connectivity index (χ3v) is 1.68. The summed E-state index contributed by atoms with van der Waals surface area (Å²) in [5.41, 5.74) is 0.188. The van der Waals surface area contributed by atoms with Crippen molar-refractivity contribution >= 4 is 11.6 Å². The maximum absolute atomic E-state index is 13.1. The zero-order chi connectivity index (χ0) is 11.1. The molecule has 3 heteroatoms. The molecule has 0 saturated heterocycles. The van der Waals surface area contributed by atoms with Crippen LogP contribution in [0.3, 0.4) is 0 Å².